The Morgan fingerprint density at radius 1 is 1.53 bits per heavy atom. The monoisotopic (exact) mass is 280 g/mol. The molecule has 0 aromatic carbocycles. The van der Waals surface area contributed by atoms with Crippen molar-refractivity contribution in [1.82, 2.24) is 5.32 Å². The zero-order valence-corrected chi connectivity index (χ0v) is 10.8. The number of nitrogens with one attached hydrogen (secondary N) is 1. The van der Waals surface area contributed by atoms with E-state index in [0.717, 1.165) is 0 Å². The molecule has 1 saturated carbocycles. The number of ether oxygens (including phenoxy) is 1. The summed E-state index contributed by atoms with van der Waals surface area (Å²) in [6.45, 7) is 4.34. The number of carbonyl (C=O) groups excluding carboxylic acids is 1. The van der Waals surface area contributed by atoms with E-state index in [1.54, 1.807) is 20.8 Å². The molecule has 0 aromatic heterocycles. The summed E-state index contributed by atoms with van der Waals surface area (Å²) in [5.41, 5.74) is 5.81. The Morgan fingerprint density at radius 2 is 2.11 bits per heavy atom. The molecule has 6 nitrogen and oxygen atoms in total. The minimum Gasteiger partial charge on any atom is -0.444 e. The van der Waals surface area contributed by atoms with Gasteiger partial charge < -0.3 is 10.1 Å². The van der Waals surface area contributed by atoms with Gasteiger partial charge in [-0.25, -0.2) is 4.79 Å². The van der Waals surface area contributed by atoms with Gasteiger partial charge in [-0.1, -0.05) is 5.11 Å². The number of alkyl halides is 3. The summed E-state index contributed by atoms with van der Waals surface area (Å²) in [5.74, 6) is -1.71. The van der Waals surface area contributed by atoms with Crippen LogP contribution in [-0.4, -0.2) is 30.0 Å². The molecule has 0 aromatic rings. The Labute approximate surface area is 107 Å². The van der Waals surface area contributed by atoms with Crippen LogP contribution in [0, 0.1) is 5.92 Å². The van der Waals surface area contributed by atoms with Crippen LogP contribution in [0.2, 0.25) is 0 Å². The summed E-state index contributed by atoms with van der Waals surface area (Å²) in [7, 11) is 0. The number of amides is 1. The summed E-state index contributed by atoms with van der Waals surface area (Å²) in [6, 6.07) is 0. The van der Waals surface area contributed by atoms with Crippen molar-refractivity contribution in [1.29, 1.82) is 0 Å². The number of hydrogen-bond donors (Lipinski definition) is 1. The Balaban J connectivity index is 2.74. The van der Waals surface area contributed by atoms with E-state index >= 15 is 0 Å². The average molecular weight is 280 g/mol. The predicted molar refractivity (Wildman–Crippen MR) is 60.3 cm³/mol. The Morgan fingerprint density at radius 3 is 2.47 bits per heavy atom. The molecule has 0 bridgehead atoms. The minimum absolute atomic E-state index is 0.311. The summed E-state index contributed by atoms with van der Waals surface area (Å²) >= 11 is 0. The van der Waals surface area contributed by atoms with Crippen molar-refractivity contribution >= 4 is 6.09 Å². The van der Waals surface area contributed by atoms with E-state index in [1.165, 1.54) is 0 Å². The van der Waals surface area contributed by atoms with Crippen molar-refractivity contribution in [2.75, 3.05) is 6.54 Å². The van der Waals surface area contributed by atoms with Crippen molar-refractivity contribution in [3.63, 3.8) is 0 Å². The van der Waals surface area contributed by atoms with Crippen LogP contribution < -0.4 is 5.32 Å². The van der Waals surface area contributed by atoms with Crippen molar-refractivity contribution in [3.05, 3.63) is 10.4 Å². The molecule has 1 aliphatic rings. The third-order valence-corrected chi connectivity index (χ3v) is 2.64. The van der Waals surface area contributed by atoms with Gasteiger partial charge in [-0.3, -0.25) is 0 Å². The molecule has 0 heterocycles. The van der Waals surface area contributed by atoms with Gasteiger partial charge in [0.2, 0.25) is 0 Å². The molecule has 1 fully saturated rings. The lowest BCUT2D eigenvalue weighted by molar-refractivity contribution is -0.152. The first kappa shape index (κ1) is 15.4. The Hall–Kier alpha value is -1.63. The number of carbonyl (C=O) groups is 1. The molecule has 0 saturated heterocycles. The maximum absolute atomic E-state index is 12.6. The van der Waals surface area contributed by atoms with E-state index in [-0.39, 0.29) is 6.42 Å². The van der Waals surface area contributed by atoms with Gasteiger partial charge in [0.05, 0.1) is 11.5 Å². The molecule has 1 aliphatic carbocycles. The molecule has 1 N–H and O–H groups in total. The highest BCUT2D eigenvalue weighted by Crippen LogP contribution is 2.53. The van der Waals surface area contributed by atoms with Gasteiger partial charge in [0.15, 0.2) is 0 Å². The largest absolute Gasteiger partial charge is 0.444 e. The van der Waals surface area contributed by atoms with E-state index in [1.807, 2.05) is 0 Å². The molecule has 0 aliphatic heterocycles. The molecule has 0 radical (unpaired) electrons. The second-order valence-electron chi connectivity index (χ2n) is 5.47. The molecule has 1 amide bonds. The molecular formula is C10H15F3N4O2. The lowest BCUT2D eigenvalue weighted by Crippen LogP contribution is -2.45. The first-order valence-corrected chi connectivity index (χ1v) is 5.59. The molecule has 9 heteroatoms. The summed E-state index contributed by atoms with van der Waals surface area (Å²) in [4.78, 5) is 13.9. The molecule has 0 unspecified atom stereocenters. The Bertz CT molecular complexity index is 412. The topological polar surface area (TPSA) is 87.1 Å². The fraction of sp³-hybridized carbons (Fsp3) is 0.900. The van der Waals surface area contributed by atoms with Crippen molar-refractivity contribution in [3.8, 4) is 0 Å². The van der Waals surface area contributed by atoms with E-state index in [9.17, 15) is 18.0 Å². The van der Waals surface area contributed by atoms with E-state index in [4.69, 9.17) is 10.3 Å². The fourth-order valence-electron chi connectivity index (χ4n) is 1.75. The molecular weight excluding hydrogens is 265 g/mol. The normalized spacial score (nSPS) is 26.3. The van der Waals surface area contributed by atoms with E-state index in [0.29, 0.717) is 0 Å². The molecule has 1 rings (SSSR count). The second-order valence-corrected chi connectivity index (χ2v) is 5.47. The highest BCUT2D eigenvalue weighted by atomic mass is 19.4. The number of azide groups is 1. The lowest BCUT2D eigenvalue weighted by atomic mass is 10.2. The van der Waals surface area contributed by atoms with E-state index in [2.05, 4.69) is 15.3 Å². The van der Waals surface area contributed by atoms with Crippen LogP contribution in [0.25, 0.3) is 10.4 Å². The zero-order chi connectivity index (χ0) is 14.9. The number of rotatable bonds is 3. The lowest BCUT2D eigenvalue weighted by Gasteiger charge is -2.23. The average Bonchev–Trinajstić information content (AvgIpc) is 2.86. The van der Waals surface area contributed by atoms with Crippen LogP contribution in [0.15, 0.2) is 5.11 Å². The van der Waals surface area contributed by atoms with Crippen molar-refractivity contribution in [2.45, 2.75) is 44.5 Å². The summed E-state index contributed by atoms with van der Waals surface area (Å²) in [6.07, 6.45) is -5.71. The van der Waals surface area contributed by atoms with Crippen LogP contribution in [0.5, 0.6) is 0 Å². The zero-order valence-electron chi connectivity index (χ0n) is 10.8. The van der Waals surface area contributed by atoms with Crippen LogP contribution in [0.3, 0.4) is 0 Å². The highest BCUT2D eigenvalue weighted by Gasteiger charge is 2.67. The third-order valence-electron chi connectivity index (χ3n) is 2.64. The maximum atomic E-state index is 12.6. The van der Waals surface area contributed by atoms with Gasteiger partial charge in [-0.2, -0.15) is 13.2 Å². The van der Waals surface area contributed by atoms with Gasteiger partial charge in [-0.15, -0.1) is 0 Å². The molecule has 2 atom stereocenters. The van der Waals surface area contributed by atoms with Gasteiger partial charge >= 0.3 is 12.3 Å². The number of nitrogens with zero attached hydrogens (tertiary/aromatic N) is 3. The van der Waals surface area contributed by atoms with Crippen LogP contribution >= 0.6 is 0 Å². The quantitative estimate of drug-likeness (QED) is 0.489. The molecule has 0 spiro atoms. The minimum atomic E-state index is -4.44. The number of halogens is 3. The van der Waals surface area contributed by atoms with Crippen molar-refractivity contribution in [2.24, 2.45) is 11.0 Å². The van der Waals surface area contributed by atoms with Crippen LogP contribution in [-0.2, 0) is 4.74 Å². The van der Waals surface area contributed by atoms with E-state index < -0.39 is 35.9 Å². The van der Waals surface area contributed by atoms with Crippen LogP contribution in [0.1, 0.15) is 27.2 Å². The first-order valence-electron chi connectivity index (χ1n) is 5.59. The maximum Gasteiger partial charge on any atom is 0.408 e. The molecule has 19 heavy (non-hydrogen) atoms. The third kappa shape index (κ3) is 4.20. The van der Waals surface area contributed by atoms with Crippen molar-refractivity contribution < 1.29 is 22.7 Å². The fourth-order valence-corrected chi connectivity index (χ4v) is 1.75. The molecule has 108 valence electrons. The standard InChI is InChI=1S/C10H15F3N4O2/c1-8(2,3)19-7(18)16-9(5-15-17-14)4-6(9)10(11,12)13/h6H,4-5H2,1-3H3,(H,16,18)/t6-,9+/m0/s1. The predicted octanol–water partition coefficient (Wildman–Crippen LogP) is 3.14. The summed E-state index contributed by atoms with van der Waals surface area (Å²) in [5, 5.41) is 5.30. The SMILES string of the molecule is CC(C)(C)OC(=O)N[C@@]1(CN=[N+]=[N-])C[C@@H]1C(F)(F)F. The summed E-state index contributed by atoms with van der Waals surface area (Å²) < 4.78 is 42.8. The highest BCUT2D eigenvalue weighted by molar-refractivity contribution is 5.69. The van der Waals surface area contributed by atoms with Gasteiger partial charge in [-0.05, 0) is 32.7 Å². The first-order chi connectivity index (χ1) is 8.50. The van der Waals surface area contributed by atoms with Gasteiger partial charge in [0, 0.05) is 11.5 Å². The Kier molecular flexibility index (Phi) is 3.90. The van der Waals surface area contributed by atoms with Gasteiger partial charge in [0.1, 0.15) is 5.60 Å². The number of alkyl carbamates (subject to hydrolysis) is 1. The second kappa shape index (κ2) is 4.80. The van der Waals surface area contributed by atoms with Gasteiger partial charge in [0.25, 0.3) is 0 Å². The smallest absolute Gasteiger partial charge is 0.408 e. The number of hydrogen-bond acceptors (Lipinski definition) is 3. The van der Waals surface area contributed by atoms with Crippen LogP contribution in [0.4, 0.5) is 18.0 Å².